The Hall–Kier alpha value is -0.560. The molecule has 1 heteroatoms. The minimum absolute atomic E-state index is 0.0227. The smallest absolute Gasteiger partial charge is 0.0585 e. The van der Waals surface area contributed by atoms with E-state index >= 15 is 0 Å². The summed E-state index contributed by atoms with van der Waals surface area (Å²) in [6.07, 6.45) is 3.05. The SMILES string of the molecule is C=CC(C)(C)CC(O)CC(=C)C. The molecule has 0 aromatic heterocycles. The standard InChI is InChI=1S/C11H20O/c1-6-11(4,5)8-10(12)7-9(2)3/h6,10,12H,1-2,7-8H2,3-5H3. The molecular weight excluding hydrogens is 148 g/mol. The van der Waals surface area contributed by atoms with Crippen LogP contribution < -0.4 is 0 Å². The first-order valence-corrected chi connectivity index (χ1v) is 4.33. The third-order valence-corrected chi connectivity index (χ3v) is 1.90. The third kappa shape index (κ3) is 5.14. The molecule has 0 rings (SSSR count). The molecule has 12 heavy (non-hydrogen) atoms. The highest BCUT2D eigenvalue weighted by atomic mass is 16.3. The molecule has 1 unspecified atom stereocenters. The van der Waals surface area contributed by atoms with Gasteiger partial charge in [-0.3, -0.25) is 0 Å². The minimum atomic E-state index is -0.282. The van der Waals surface area contributed by atoms with Gasteiger partial charge in [-0.2, -0.15) is 0 Å². The van der Waals surface area contributed by atoms with Gasteiger partial charge < -0.3 is 5.11 Å². The summed E-state index contributed by atoms with van der Waals surface area (Å²) < 4.78 is 0. The Bertz CT molecular complexity index is 168. The van der Waals surface area contributed by atoms with Gasteiger partial charge in [-0.15, -0.1) is 13.2 Å². The van der Waals surface area contributed by atoms with E-state index in [9.17, 15) is 5.11 Å². The lowest BCUT2D eigenvalue weighted by Gasteiger charge is -2.23. The summed E-state index contributed by atoms with van der Waals surface area (Å²) in [5, 5.41) is 9.58. The lowest BCUT2D eigenvalue weighted by atomic mass is 9.85. The van der Waals surface area contributed by atoms with Gasteiger partial charge in [-0.1, -0.05) is 25.5 Å². The van der Waals surface area contributed by atoms with E-state index in [4.69, 9.17) is 0 Å². The summed E-state index contributed by atoms with van der Waals surface area (Å²) in [7, 11) is 0. The Balaban J connectivity index is 3.91. The van der Waals surface area contributed by atoms with Gasteiger partial charge >= 0.3 is 0 Å². The Morgan fingerprint density at radius 3 is 2.42 bits per heavy atom. The molecule has 0 fully saturated rings. The van der Waals surface area contributed by atoms with Crippen LogP contribution >= 0.6 is 0 Å². The zero-order valence-corrected chi connectivity index (χ0v) is 8.43. The van der Waals surface area contributed by atoms with E-state index in [0.29, 0.717) is 6.42 Å². The Kier molecular flexibility index (Phi) is 4.25. The molecule has 0 heterocycles. The molecule has 0 aromatic carbocycles. The molecule has 1 N–H and O–H groups in total. The van der Waals surface area contributed by atoms with Crippen LogP contribution in [0.1, 0.15) is 33.6 Å². The van der Waals surface area contributed by atoms with Crippen LogP contribution in [0.2, 0.25) is 0 Å². The van der Waals surface area contributed by atoms with Crippen LogP contribution in [0.4, 0.5) is 0 Å². The van der Waals surface area contributed by atoms with Crippen LogP contribution in [0, 0.1) is 5.41 Å². The highest BCUT2D eigenvalue weighted by molar-refractivity contribution is 4.95. The van der Waals surface area contributed by atoms with E-state index in [0.717, 1.165) is 12.0 Å². The minimum Gasteiger partial charge on any atom is -0.393 e. The molecular formula is C11H20O. The van der Waals surface area contributed by atoms with Gasteiger partial charge in [0.25, 0.3) is 0 Å². The van der Waals surface area contributed by atoms with E-state index in [2.05, 4.69) is 27.0 Å². The van der Waals surface area contributed by atoms with Crippen molar-refractivity contribution in [1.29, 1.82) is 0 Å². The fraction of sp³-hybridized carbons (Fsp3) is 0.636. The van der Waals surface area contributed by atoms with Gasteiger partial charge in [0, 0.05) is 0 Å². The second-order valence-electron chi connectivity index (χ2n) is 4.21. The average molecular weight is 168 g/mol. The molecule has 0 aliphatic heterocycles. The summed E-state index contributed by atoms with van der Waals surface area (Å²) in [4.78, 5) is 0. The monoisotopic (exact) mass is 168 g/mol. The number of hydrogen-bond donors (Lipinski definition) is 1. The predicted octanol–water partition coefficient (Wildman–Crippen LogP) is 2.92. The maximum atomic E-state index is 9.58. The molecule has 0 bridgehead atoms. The lowest BCUT2D eigenvalue weighted by molar-refractivity contribution is 0.131. The fourth-order valence-electron chi connectivity index (χ4n) is 1.17. The predicted molar refractivity (Wildman–Crippen MR) is 54.0 cm³/mol. The molecule has 0 spiro atoms. The number of aliphatic hydroxyl groups excluding tert-OH is 1. The van der Waals surface area contributed by atoms with E-state index in [1.54, 1.807) is 0 Å². The number of rotatable bonds is 5. The highest BCUT2D eigenvalue weighted by Gasteiger charge is 2.18. The summed E-state index contributed by atoms with van der Waals surface area (Å²) in [6, 6.07) is 0. The van der Waals surface area contributed by atoms with Crippen molar-refractivity contribution in [1.82, 2.24) is 0 Å². The number of hydrogen-bond acceptors (Lipinski definition) is 1. The first-order chi connectivity index (χ1) is 5.37. The molecule has 0 amide bonds. The van der Waals surface area contributed by atoms with Crippen LogP contribution in [0.3, 0.4) is 0 Å². The van der Waals surface area contributed by atoms with Gasteiger partial charge in [-0.05, 0) is 25.2 Å². The Morgan fingerprint density at radius 1 is 1.58 bits per heavy atom. The summed E-state index contributed by atoms with van der Waals surface area (Å²) in [5.41, 5.74) is 1.05. The van der Waals surface area contributed by atoms with E-state index in [-0.39, 0.29) is 11.5 Å². The molecule has 0 aliphatic carbocycles. The van der Waals surface area contributed by atoms with Crippen molar-refractivity contribution < 1.29 is 5.11 Å². The van der Waals surface area contributed by atoms with Crippen LogP contribution in [0.5, 0.6) is 0 Å². The first kappa shape index (κ1) is 11.4. The topological polar surface area (TPSA) is 20.2 Å². The zero-order valence-electron chi connectivity index (χ0n) is 8.43. The largest absolute Gasteiger partial charge is 0.393 e. The highest BCUT2D eigenvalue weighted by Crippen LogP contribution is 2.25. The maximum absolute atomic E-state index is 9.58. The summed E-state index contributed by atoms with van der Waals surface area (Å²) in [6.45, 7) is 13.6. The van der Waals surface area contributed by atoms with Crippen molar-refractivity contribution in [2.24, 2.45) is 5.41 Å². The molecule has 0 saturated heterocycles. The Morgan fingerprint density at radius 2 is 2.08 bits per heavy atom. The second kappa shape index (κ2) is 4.46. The van der Waals surface area contributed by atoms with E-state index < -0.39 is 0 Å². The fourth-order valence-corrected chi connectivity index (χ4v) is 1.17. The molecule has 0 aromatic rings. The molecule has 1 nitrogen and oxygen atoms in total. The maximum Gasteiger partial charge on any atom is 0.0585 e. The number of aliphatic hydroxyl groups is 1. The van der Waals surface area contributed by atoms with Crippen molar-refractivity contribution >= 4 is 0 Å². The van der Waals surface area contributed by atoms with E-state index in [1.807, 2.05) is 13.0 Å². The van der Waals surface area contributed by atoms with Crippen LogP contribution in [0.25, 0.3) is 0 Å². The number of allylic oxidation sites excluding steroid dienone is 1. The average Bonchev–Trinajstić information content (AvgIpc) is 1.84. The van der Waals surface area contributed by atoms with Crippen molar-refractivity contribution in [2.75, 3.05) is 0 Å². The normalized spacial score (nSPS) is 14.0. The van der Waals surface area contributed by atoms with Gasteiger partial charge in [-0.25, -0.2) is 0 Å². The summed E-state index contributed by atoms with van der Waals surface area (Å²) in [5.74, 6) is 0. The van der Waals surface area contributed by atoms with Crippen molar-refractivity contribution in [2.45, 2.75) is 39.7 Å². The first-order valence-electron chi connectivity index (χ1n) is 4.33. The molecule has 1 atom stereocenters. The van der Waals surface area contributed by atoms with Gasteiger partial charge in [0.15, 0.2) is 0 Å². The van der Waals surface area contributed by atoms with Crippen molar-refractivity contribution in [3.8, 4) is 0 Å². The molecule has 0 aliphatic rings. The molecule has 70 valence electrons. The lowest BCUT2D eigenvalue weighted by Crippen LogP contribution is -2.18. The van der Waals surface area contributed by atoms with Crippen LogP contribution in [-0.2, 0) is 0 Å². The van der Waals surface area contributed by atoms with Crippen LogP contribution in [-0.4, -0.2) is 11.2 Å². The quantitative estimate of drug-likeness (QED) is 0.626. The van der Waals surface area contributed by atoms with Crippen LogP contribution in [0.15, 0.2) is 24.8 Å². The van der Waals surface area contributed by atoms with E-state index in [1.165, 1.54) is 0 Å². The third-order valence-electron chi connectivity index (χ3n) is 1.90. The Labute approximate surface area is 75.8 Å². The van der Waals surface area contributed by atoms with Crippen molar-refractivity contribution in [3.63, 3.8) is 0 Å². The van der Waals surface area contributed by atoms with Gasteiger partial charge in [0.2, 0.25) is 0 Å². The summed E-state index contributed by atoms with van der Waals surface area (Å²) >= 11 is 0. The molecule has 0 radical (unpaired) electrons. The second-order valence-corrected chi connectivity index (χ2v) is 4.21. The van der Waals surface area contributed by atoms with Gasteiger partial charge in [0.1, 0.15) is 0 Å². The van der Waals surface area contributed by atoms with Crippen molar-refractivity contribution in [3.05, 3.63) is 24.8 Å². The zero-order chi connectivity index (χ0) is 9.78. The molecule has 0 saturated carbocycles. The van der Waals surface area contributed by atoms with Gasteiger partial charge in [0.05, 0.1) is 6.10 Å².